The van der Waals surface area contributed by atoms with E-state index in [9.17, 15) is 4.79 Å². The highest BCUT2D eigenvalue weighted by Gasteiger charge is 2.43. The molecular weight excluding hydrogens is 462 g/mol. The number of thioether (sulfide) groups is 1. The summed E-state index contributed by atoms with van der Waals surface area (Å²) in [5, 5.41) is 3.65. The first-order valence-corrected chi connectivity index (χ1v) is 14.0. The zero-order valence-corrected chi connectivity index (χ0v) is 22.9. The van der Waals surface area contributed by atoms with Gasteiger partial charge in [-0.1, -0.05) is 67.9 Å². The summed E-state index contributed by atoms with van der Waals surface area (Å²) >= 11 is 1.66. The maximum atomic E-state index is 13.9. The van der Waals surface area contributed by atoms with Crippen molar-refractivity contribution in [3.8, 4) is 5.69 Å². The molecule has 1 aromatic heterocycles. The molecule has 188 valence electrons. The number of benzene rings is 2. The van der Waals surface area contributed by atoms with Crippen LogP contribution >= 0.6 is 11.8 Å². The van der Waals surface area contributed by atoms with Crippen molar-refractivity contribution < 1.29 is 4.79 Å². The van der Waals surface area contributed by atoms with E-state index in [1.54, 1.807) is 11.8 Å². The Morgan fingerprint density at radius 2 is 1.64 bits per heavy atom. The van der Waals surface area contributed by atoms with Crippen LogP contribution in [0.15, 0.2) is 59.5 Å². The molecule has 0 radical (unpaired) electrons. The average molecular weight is 500 g/mol. The molecule has 1 saturated carbocycles. The average Bonchev–Trinajstić information content (AvgIpc) is 3.30. The number of carbonyl (C=O) groups excluding carboxylic acids is 1. The van der Waals surface area contributed by atoms with Crippen molar-refractivity contribution in [1.82, 2.24) is 9.47 Å². The van der Waals surface area contributed by atoms with Crippen molar-refractivity contribution >= 4 is 29.4 Å². The molecule has 2 aliphatic rings. The fourth-order valence-corrected chi connectivity index (χ4v) is 7.15. The second-order valence-corrected chi connectivity index (χ2v) is 11.6. The van der Waals surface area contributed by atoms with Gasteiger partial charge in [-0.15, -0.1) is 0 Å². The lowest BCUT2D eigenvalue weighted by molar-refractivity contribution is -0.129. The molecule has 3 atom stereocenters. The van der Waals surface area contributed by atoms with Gasteiger partial charge in [0.2, 0.25) is 0 Å². The van der Waals surface area contributed by atoms with Crippen molar-refractivity contribution in [3.63, 3.8) is 0 Å². The third kappa shape index (κ3) is 4.61. The molecule has 2 fully saturated rings. The van der Waals surface area contributed by atoms with Crippen LogP contribution in [0.4, 0.5) is 5.69 Å². The predicted molar refractivity (Wildman–Crippen MR) is 152 cm³/mol. The summed E-state index contributed by atoms with van der Waals surface area (Å²) in [6.45, 7) is 11.0. The first-order valence-electron chi connectivity index (χ1n) is 13.1. The summed E-state index contributed by atoms with van der Waals surface area (Å²) in [6.07, 6.45) is 6.84. The third-order valence-electron chi connectivity index (χ3n) is 7.84. The van der Waals surface area contributed by atoms with Crippen LogP contribution in [-0.2, 0) is 4.79 Å². The Bertz CT molecular complexity index is 1270. The molecule has 1 unspecified atom stereocenters. The largest absolute Gasteiger partial charge is 0.356 e. The van der Waals surface area contributed by atoms with Crippen LogP contribution in [0.25, 0.3) is 11.8 Å². The summed E-state index contributed by atoms with van der Waals surface area (Å²) in [7, 11) is 0. The molecule has 2 heterocycles. The molecule has 0 bridgehead atoms. The molecule has 1 aliphatic heterocycles. The van der Waals surface area contributed by atoms with Gasteiger partial charge in [0.15, 0.2) is 5.50 Å². The van der Waals surface area contributed by atoms with Crippen LogP contribution in [-0.4, -0.2) is 26.9 Å². The molecule has 2 aromatic carbocycles. The van der Waals surface area contributed by atoms with E-state index in [2.05, 4.69) is 91.9 Å². The minimum Gasteiger partial charge on any atom is -0.356 e. The summed E-state index contributed by atoms with van der Waals surface area (Å²) in [4.78, 5) is 16.9. The van der Waals surface area contributed by atoms with Crippen molar-refractivity contribution in [2.45, 2.75) is 71.8 Å². The predicted octanol–water partition coefficient (Wildman–Crippen LogP) is 7.60. The van der Waals surface area contributed by atoms with Crippen LogP contribution in [0.3, 0.4) is 0 Å². The minimum atomic E-state index is -0.0983. The smallest absolute Gasteiger partial charge is 0.262 e. The lowest BCUT2D eigenvalue weighted by atomic mass is 9.85. The highest BCUT2D eigenvalue weighted by molar-refractivity contribution is 8.05. The van der Waals surface area contributed by atoms with Crippen LogP contribution < -0.4 is 5.32 Å². The zero-order chi connectivity index (χ0) is 25.4. The van der Waals surface area contributed by atoms with Crippen LogP contribution in [0.1, 0.15) is 60.7 Å². The molecule has 1 saturated heterocycles. The number of aromatic nitrogens is 1. The van der Waals surface area contributed by atoms with E-state index in [0.29, 0.717) is 5.92 Å². The Labute approximate surface area is 219 Å². The summed E-state index contributed by atoms with van der Waals surface area (Å²) in [5.74, 6) is 0.667. The summed E-state index contributed by atoms with van der Waals surface area (Å²) < 4.78 is 2.34. The van der Waals surface area contributed by atoms with E-state index in [1.807, 2.05) is 18.2 Å². The third-order valence-corrected chi connectivity index (χ3v) is 8.96. The molecule has 5 rings (SSSR count). The number of hydrogen-bond acceptors (Lipinski definition) is 3. The van der Waals surface area contributed by atoms with Crippen LogP contribution in [0, 0.1) is 33.6 Å². The number of carbonyl (C=O) groups is 1. The normalized spacial score (nSPS) is 23.5. The molecule has 3 aromatic rings. The van der Waals surface area contributed by atoms with Crippen molar-refractivity contribution in [2.24, 2.45) is 5.92 Å². The van der Waals surface area contributed by atoms with Gasteiger partial charge in [0, 0.05) is 23.1 Å². The lowest BCUT2D eigenvalue weighted by Crippen LogP contribution is -2.48. The topological polar surface area (TPSA) is 37.3 Å². The van der Waals surface area contributed by atoms with Crippen molar-refractivity contribution in [2.75, 3.05) is 5.32 Å². The van der Waals surface area contributed by atoms with Gasteiger partial charge in [0.05, 0.1) is 10.6 Å². The Balaban J connectivity index is 1.52. The van der Waals surface area contributed by atoms with E-state index in [4.69, 9.17) is 0 Å². The lowest BCUT2D eigenvalue weighted by Gasteiger charge is -2.39. The van der Waals surface area contributed by atoms with Gasteiger partial charge in [0.1, 0.15) is 0 Å². The fourth-order valence-electron chi connectivity index (χ4n) is 5.94. The SMILES string of the molecule is Cc1cccc(C)c1-n1c(C)cc(/C=C2\SC(Nc3ccccc3)N([C@@H]3CCCC[C@@H]3C)C2=O)c1C. The van der Waals surface area contributed by atoms with Gasteiger partial charge in [-0.25, -0.2) is 0 Å². The number of rotatable bonds is 5. The van der Waals surface area contributed by atoms with E-state index in [0.717, 1.165) is 22.6 Å². The number of hydrogen-bond donors (Lipinski definition) is 1. The van der Waals surface area contributed by atoms with Crippen molar-refractivity contribution in [1.29, 1.82) is 0 Å². The first kappa shape index (κ1) is 24.8. The van der Waals surface area contributed by atoms with E-state index in [1.165, 1.54) is 47.5 Å². The fraction of sp³-hybridized carbons (Fsp3) is 0.387. The highest BCUT2D eigenvalue weighted by atomic mass is 32.2. The Hall–Kier alpha value is -2.92. The standard InChI is InChI=1S/C31H37N3OS/c1-20-12-9-10-17-27(20)34-30(35)28(36-31(34)32-26-15-7-6-8-16-26)19-25-18-23(4)33(24(25)5)29-21(2)13-11-14-22(29)3/h6-8,11,13-16,18-20,27,31-32H,9-10,12,17H2,1-5H3/b28-19-/t20-,27+,31?/m0/s1. The minimum absolute atomic E-state index is 0.0983. The van der Waals surface area contributed by atoms with Gasteiger partial charge in [-0.05, 0) is 87.4 Å². The Kier molecular flexibility index (Phi) is 7.03. The number of aryl methyl sites for hydroxylation is 3. The number of nitrogens with zero attached hydrogens (tertiary/aromatic N) is 2. The van der Waals surface area contributed by atoms with Crippen LogP contribution in [0.5, 0.6) is 0 Å². The number of para-hydroxylation sites is 2. The van der Waals surface area contributed by atoms with E-state index >= 15 is 0 Å². The van der Waals surface area contributed by atoms with Gasteiger partial charge in [-0.3, -0.25) is 4.79 Å². The maximum absolute atomic E-state index is 13.9. The Morgan fingerprint density at radius 1 is 0.944 bits per heavy atom. The van der Waals surface area contributed by atoms with Crippen molar-refractivity contribution in [3.05, 3.63) is 87.6 Å². The quantitative estimate of drug-likeness (QED) is 0.367. The molecule has 1 N–H and O–H groups in total. The molecule has 5 heteroatoms. The monoisotopic (exact) mass is 499 g/mol. The van der Waals surface area contributed by atoms with E-state index < -0.39 is 0 Å². The molecule has 1 amide bonds. The second-order valence-electron chi connectivity index (χ2n) is 10.4. The first-order chi connectivity index (χ1) is 17.3. The molecule has 4 nitrogen and oxygen atoms in total. The molecular formula is C31H37N3OS. The van der Waals surface area contributed by atoms with Gasteiger partial charge in [-0.2, -0.15) is 0 Å². The second kappa shape index (κ2) is 10.2. The zero-order valence-electron chi connectivity index (χ0n) is 22.0. The van der Waals surface area contributed by atoms with Crippen LogP contribution in [0.2, 0.25) is 0 Å². The van der Waals surface area contributed by atoms with Gasteiger partial charge >= 0.3 is 0 Å². The number of nitrogens with one attached hydrogen (secondary N) is 1. The summed E-state index contributed by atoms with van der Waals surface area (Å²) in [6, 6.07) is 19.2. The highest BCUT2D eigenvalue weighted by Crippen LogP contribution is 2.42. The van der Waals surface area contributed by atoms with Gasteiger partial charge in [0.25, 0.3) is 5.91 Å². The molecule has 0 spiro atoms. The number of anilines is 1. The van der Waals surface area contributed by atoms with Gasteiger partial charge < -0.3 is 14.8 Å². The maximum Gasteiger partial charge on any atom is 0.262 e. The molecule has 1 aliphatic carbocycles. The summed E-state index contributed by atoms with van der Waals surface area (Å²) in [5.41, 5.74) is 8.17. The van der Waals surface area contributed by atoms with E-state index in [-0.39, 0.29) is 17.4 Å². The Morgan fingerprint density at radius 3 is 2.33 bits per heavy atom. The molecule has 36 heavy (non-hydrogen) atoms. The number of amides is 1.